The summed E-state index contributed by atoms with van der Waals surface area (Å²) in [6, 6.07) is 0. The Morgan fingerprint density at radius 3 is 2.67 bits per heavy atom. The van der Waals surface area contributed by atoms with Gasteiger partial charge in [0.1, 0.15) is 15.6 Å². The van der Waals surface area contributed by atoms with Gasteiger partial charge in [0.15, 0.2) is 5.76 Å². The SMILES string of the molecule is Cc1noc(C)c1S(=O)(=O)N(C)Cc1nccs1. The zero-order valence-corrected chi connectivity index (χ0v) is 11.9. The molecule has 0 unspecified atom stereocenters. The molecule has 2 aromatic rings. The van der Waals surface area contributed by atoms with Crippen molar-refractivity contribution >= 4 is 21.4 Å². The quantitative estimate of drug-likeness (QED) is 0.853. The zero-order valence-electron chi connectivity index (χ0n) is 10.2. The lowest BCUT2D eigenvalue weighted by Crippen LogP contribution is -2.27. The van der Waals surface area contributed by atoms with Gasteiger partial charge in [-0.25, -0.2) is 13.4 Å². The minimum Gasteiger partial charge on any atom is -0.360 e. The fraction of sp³-hybridized carbons (Fsp3) is 0.400. The lowest BCUT2D eigenvalue weighted by atomic mass is 10.4. The van der Waals surface area contributed by atoms with E-state index in [1.54, 1.807) is 20.0 Å². The number of hydrogen-bond donors (Lipinski definition) is 0. The van der Waals surface area contributed by atoms with Crippen LogP contribution in [-0.4, -0.2) is 29.9 Å². The first-order chi connectivity index (χ1) is 8.43. The third-order valence-corrected chi connectivity index (χ3v) is 5.29. The predicted octanol–water partition coefficient (Wildman–Crippen LogP) is 1.57. The van der Waals surface area contributed by atoms with Crippen molar-refractivity contribution in [2.24, 2.45) is 0 Å². The molecule has 0 spiro atoms. The van der Waals surface area contributed by atoms with Crippen molar-refractivity contribution in [3.05, 3.63) is 28.0 Å². The Morgan fingerprint density at radius 1 is 1.44 bits per heavy atom. The van der Waals surface area contributed by atoms with Crippen LogP contribution in [0.5, 0.6) is 0 Å². The summed E-state index contributed by atoms with van der Waals surface area (Å²) < 4.78 is 30.9. The summed E-state index contributed by atoms with van der Waals surface area (Å²) in [6.45, 7) is 3.44. The highest BCUT2D eigenvalue weighted by Crippen LogP contribution is 2.23. The average Bonchev–Trinajstić information content (AvgIpc) is 2.89. The molecule has 6 nitrogen and oxygen atoms in total. The van der Waals surface area contributed by atoms with E-state index < -0.39 is 10.0 Å². The van der Waals surface area contributed by atoms with Crippen LogP contribution in [0.3, 0.4) is 0 Å². The lowest BCUT2D eigenvalue weighted by Gasteiger charge is -2.15. The Hall–Kier alpha value is -1.25. The molecular formula is C10H13N3O3S2. The minimum atomic E-state index is -3.59. The van der Waals surface area contributed by atoms with Crippen LogP contribution < -0.4 is 0 Å². The fourth-order valence-electron chi connectivity index (χ4n) is 1.61. The van der Waals surface area contributed by atoms with Crippen LogP contribution in [-0.2, 0) is 16.6 Å². The molecular weight excluding hydrogens is 274 g/mol. The number of aromatic nitrogens is 2. The van der Waals surface area contributed by atoms with Crippen LogP contribution in [0.25, 0.3) is 0 Å². The van der Waals surface area contributed by atoms with E-state index in [1.807, 2.05) is 5.38 Å². The molecule has 18 heavy (non-hydrogen) atoms. The Bertz CT molecular complexity index is 612. The van der Waals surface area contributed by atoms with E-state index in [0.29, 0.717) is 11.5 Å². The number of nitrogens with zero attached hydrogens (tertiary/aromatic N) is 3. The molecule has 98 valence electrons. The van der Waals surface area contributed by atoms with Gasteiger partial charge in [-0.05, 0) is 13.8 Å². The average molecular weight is 287 g/mol. The minimum absolute atomic E-state index is 0.140. The molecule has 0 radical (unpaired) electrons. The van der Waals surface area contributed by atoms with Crippen LogP contribution in [0.4, 0.5) is 0 Å². The van der Waals surface area contributed by atoms with E-state index in [1.165, 1.54) is 22.7 Å². The van der Waals surface area contributed by atoms with Gasteiger partial charge in [-0.3, -0.25) is 0 Å². The molecule has 8 heteroatoms. The van der Waals surface area contributed by atoms with Crippen molar-refractivity contribution in [1.29, 1.82) is 0 Å². The monoisotopic (exact) mass is 287 g/mol. The highest BCUT2D eigenvalue weighted by molar-refractivity contribution is 7.89. The van der Waals surface area contributed by atoms with Gasteiger partial charge in [-0.1, -0.05) is 5.16 Å². The lowest BCUT2D eigenvalue weighted by molar-refractivity contribution is 0.389. The van der Waals surface area contributed by atoms with E-state index in [4.69, 9.17) is 4.52 Å². The first-order valence-electron chi connectivity index (χ1n) is 5.20. The van der Waals surface area contributed by atoms with Crippen LogP contribution in [0.1, 0.15) is 16.5 Å². The van der Waals surface area contributed by atoms with Gasteiger partial charge in [-0.15, -0.1) is 11.3 Å². The van der Waals surface area contributed by atoms with Crippen LogP contribution >= 0.6 is 11.3 Å². The summed E-state index contributed by atoms with van der Waals surface area (Å²) >= 11 is 1.42. The Labute approximate surface area is 109 Å². The molecule has 0 aliphatic rings. The van der Waals surface area contributed by atoms with Gasteiger partial charge in [0.2, 0.25) is 10.0 Å². The molecule has 0 atom stereocenters. The summed E-state index contributed by atoms with van der Waals surface area (Å²) in [7, 11) is -2.07. The summed E-state index contributed by atoms with van der Waals surface area (Å²) in [6.07, 6.45) is 1.65. The maximum absolute atomic E-state index is 12.4. The first-order valence-corrected chi connectivity index (χ1v) is 7.52. The van der Waals surface area contributed by atoms with E-state index in [0.717, 1.165) is 5.01 Å². The largest absolute Gasteiger partial charge is 0.360 e. The smallest absolute Gasteiger partial charge is 0.248 e. The van der Waals surface area contributed by atoms with Gasteiger partial charge >= 0.3 is 0 Å². The number of sulfonamides is 1. The standard InChI is InChI=1S/C10H13N3O3S2/c1-7-10(8(2)16-12-7)18(14,15)13(3)6-9-11-4-5-17-9/h4-5H,6H2,1-3H3. The molecule has 0 fully saturated rings. The Balaban J connectivity index is 2.32. The third-order valence-electron chi connectivity index (χ3n) is 2.48. The molecule has 0 aliphatic carbocycles. The molecule has 0 aromatic carbocycles. The third kappa shape index (κ3) is 2.31. The van der Waals surface area contributed by atoms with Crippen molar-refractivity contribution in [2.45, 2.75) is 25.3 Å². The van der Waals surface area contributed by atoms with E-state index in [2.05, 4.69) is 10.1 Å². The number of thiazole rings is 1. The normalized spacial score (nSPS) is 12.2. The number of hydrogen-bond acceptors (Lipinski definition) is 6. The maximum atomic E-state index is 12.4. The summed E-state index contributed by atoms with van der Waals surface area (Å²) in [5, 5.41) is 6.22. The van der Waals surface area contributed by atoms with Crippen molar-refractivity contribution in [1.82, 2.24) is 14.4 Å². The molecule has 2 rings (SSSR count). The van der Waals surface area contributed by atoms with Crippen LogP contribution in [0.2, 0.25) is 0 Å². The molecule has 0 saturated heterocycles. The molecule has 0 saturated carbocycles. The first kappa shape index (κ1) is 13.2. The predicted molar refractivity (Wildman–Crippen MR) is 66.7 cm³/mol. The highest BCUT2D eigenvalue weighted by atomic mass is 32.2. The Morgan fingerprint density at radius 2 is 2.17 bits per heavy atom. The molecule has 2 heterocycles. The number of rotatable bonds is 4. The molecule has 2 aromatic heterocycles. The topological polar surface area (TPSA) is 76.3 Å². The number of aryl methyl sites for hydroxylation is 2. The molecule has 0 aliphatic heterocycles. The maximum Gasteiger partial charge on any atom is 0.248 e. The van der Waals surface area contributed by atoms with E-state index >= 15 is 0 Å². The van der Waals surface area contributed by atoms with Crippen molar-refractivity contribution in [3.63, 3.8) is 0 Å². The van der Waals surface area contributed by atoms with Gasteiger partial charge in [0.25, 0.3) is 0 Å². The molecule has 0 amide bonds. The molecule has 0 N–H and O–H groups in total. The van der Waals surface area contributed by atoms with Gasteiger partial charge < -0.3 is 4.52 Å². The summed E-state index contributed by atoms with van der Waals surface area (Å²) in [5.74, 6) is 0.304. The van der Waals surface area contributed by atoms with Crippen molar-refractivity contribution in [2.75, 3.05) is 7.05 Å². The summed E-state index contributed by atoms with van der Waals surface area (Å²) in [4.78, 5) is 4.21. The summed E-state index contributed by atoms with van der Waals surface area (Å²) in [5.41, 5.74) is 0.374. The Kier molecular flexibility index (Phi) is 3.51. The molecule has 0 bridgehead atoms. The van der Waals surface area contributed by atoms with E-state index in [9.17, 15) is 8.42 Å². The second-order valence-corrected chi connectivity index (χ2v) is 6.80. The highest BCUT2D eigenvalue weighted by Gasteiger charge is 2.28. The van der Waals surface area contributed by atoms with Crippen molar-refractivity contribution < 1.29 is 12.9 Å². The van der Waals surface area contributed by atoms with Gasteiger partial charge in [-0.2, -0.15) is 4.31 Å². The second-order valence-electron chi connectivity index (χ2n) is 3.84. The van der Waals surface area contributed by atoms with Crippen molar-refractivity contribution in [3.8, 4) is 0 Å². The van der Waals surface area contributed by atoms with E-state index in [-0.39, 0.29) is 11.4 Å². The van der Waals surface area contributed by atoms with Gasteiger partial charge in [0, 0.05) is 18.6 Å². The second kappa shape index (κ2) is 4.79. The van der Waals surface area contributed by atoms with Crippen LogP contribution in [0, 0.1) is 13.8 Å². The van der Waals surface area contributed by atoms with Gasteiger partial charge in [0.05, 0.1) is 6.54 Å². The zero-order chi connectivity index (χ0) is 13.3. The fourth-order valence-corrected chi connectivity index (χ4v) is 3.77. The van der Waals surface area contributed by atoms with Crippen LogP contribution in [0.15, 0.2) is 21.0 Å².